The average Bonchev–Trinajstić information content (AvgIpc) is 3.40. The second-order valence-corrected chi connectivity index (χ2v) is 10.9. The minimum atomic E-state index is -0.361. The van der Waals surface area contributed by atoms with Crippen LogP contribution >= 0.6 is 11.3 Å². The van der Waals surface area contributed by atoms with Crippen LogP contribution in [-0.4, -0.2) is 51.8 Å². The highest BCUT2D eigenvalue weighted by molar-refractivity contribution is 7.09. The fraction of sp³-hybridized carbons (Fsp3) is 0.414. The number of amides is 2. The Morgan fingerprint density at radius 2 is 1.84 bits per heavy atom. The molecular formula is C29H33FN4O2S. The highest BCUT2D eigenvalue weighted by atomic mass is 32.1. The summed E-state index contributed by atoms with van der Waals surface area (Å²) >= 11 is 1.65. The molecule has 2 aliphatic rings. The largest absolute Gasteiger partial charge is 0.336 e. The lowest BCUT2D eigenvalue weighted by Crippen LogP contribution is -2.52. The summed E-state index contributed by atoms with van der Waals surface area (Å²) in [5.74, 6) is -0.473. The molecule has 0 aliphatic carbocycles. The van der Waals surface area contributed by atoms with Crippen LogP contribution in [0.2, 0.25) is 0 Å². The van der Waals surface area contributed by atoms with Gasteiger partial charge in [0.15, 0.2) is 0 Å². The smallest absolute Gasteiger partial charge is 0.227 e. The molecule has 3 aromatic rings. The zero-order chi connectivity index (χ0) is 25.8. The zero-order valence-electron chi connectivity index (χ0n) is 21.2. The van der Waals surface area contributed by atoms with Crippen molar-refractivity contribution in [1.29, 1.82) is 0 Å². The van der Waals surface area contributed by atoms with Gasteiger partial charge >= 0.3 is 0 Å². The third kappa shape index (κ3) is 5.91. The fourth-order valence-corrected chi connectivity index (χ4v) is 6.36. The summed E-state index contributed by atoms with van der Waals surface area (Å²) in [5.41, 5.74) is 2.19. The van der Waals surface area contributed by atoms with Crippen LogP contribution in [0.25, 0.3) is 0 Å². The first kappa shape index (κ1) is 25.5. The number of piperidine rings is 1. The number of fused-ring (bicyclic) bond motifs is 3. The second kappa shape index (κ2) is 11.5. The van der Waals surface area contributed by atoms with Crippen LogP contribution in [0, 0.1) is 5.82 Å². The number of aromatic nitrogens is 1. The number of halogens is 1. The van der Waals surface area contributed by atoms with E-state index in [0.717, 1.165) is 48.5 Å². The Morgan fingerprint density at radius 3 is 2.62 bits per heavy atom. The lowest BCUT2D eigenvalue weighted by atomic mass is 9.92. The van der Waals surface area contributed by atoms with Gasteiger partial charge in [-0.25, -0.2) is 9.37 Å². The van der Waals surface area contributed by atoms with E-state index in [2.05, 4.69) is 9.88 Å². The van der Waals surface area contributed by atoms with Gasteiger partial charge in [-0.1, -0.05) is 42.8 Å². The predicted molar refractivity (Wildman–Crippen MR) is 144 cm³/mol. The maximum Gasteiger partial charge on any atom is 0.227 e. The van der Waals surface area contributed by atoms with Gasteiger partial charge in [0.2, 0.25) is 11.8 Å². The quantitative estimate of drug-likeness (QED) is 0.484. The molecule has 0 radical (unpaired) electrons. The summed E-state index contributed by atoms with van der Waals surface area (Å²) < 4.78 is 14.5. The van der Waals surface area contributed by atoms with Crippen LogP contribution < -0.4 is 4.90 Å². The molecule has 2 unspecified atom stereocenters. The third-order valence-electron chi connectivity index (χ3n) is 7.61. The lowest BCUT2D eigenvalue weighted by Gasteiger charge is -2.43. The molecule has 1 fully saturated rings. The van der Waals surface area contributed by atoms with Crippen LogP contribution in [0.5, 0.6) is 0 Å². The highest BCUT2D eigenvalue weighted by Gasteiger charge is 2.35. The van der Waals surface area contributed by atoms with Crippen LogP contribution in [-0.2, 0) is 29.1 Å². The van der Waals surface area contributed by atoms with Crippen molar-refractivity contribution in [3.05, 3.63) is 82.1 Å². The molecule has 2 aromatic carbocycles. The molecule has 2 bridgehead atoms. The van der Waals surface area contributed by atoms with Gasteiger partial charge < -0.3 is 9.80 Å². The number of carbonyl (C=O) groups excluding carboxylic acids is 2. The standard InChI is InChI=1S/C29H33FN4O2S/c1-21(35)33-15-13-24-9-6-10-25(34(24)20-28-31-14-16-37-28)19-32(18-23-8-3-5-12-27(23)33)29(36)17-22-7-2-4-11-26(22)30/h2-5,7-8,11-12,14,16,24-25H,6,9-10,13,15,17-20H2,1H3. The number of rotatable bonds is 4. The van der Waals surface area contributed by atoms with Crippen molar-refractivity contribution in [2.45, 2.75) is 64.2 Å². The van der Waals surface area contributed by atoms with Crippen molar-refractivity contribution < 1.29 is 14.0 Å². The monoisotopic (exact) mass is 520 g/mol. The number of para-hydroxylation sites is 1. The van der Waals surface area contributed by atoms with Crippen molar-refractivity contribution in [2.24, 2.45) is 0 Å². The molecule has 194 valence electrons. The maximum atomic E-state index is 14.5. The Morgan fingerprint density at radius 1 is 1.05 bits per heavy atom. The molecule has 2 atom stereocenters. The average molecular weight is 521 g/mol. The minimum absolute atomic E-state index is 0.00485. The van der Waals surface area contributed by atoms with Crippen molar-refractivity contribution in [3.63, 3.8) is 0 Å². The fourth-order valence-electron chi connectivity index (χ4n) is 5.74. The molecule has 37 heavy (non-hydrogen) atoms. The second-order valence-electron chi connectivity index (χ2n) is 9.97. The summed E-state index contributed by atoms with van der Waals surface area (Å²) in [4.78, 5) is 37.3. The Kier molecular flexibility index (Phi) is 7.96. The van der Waals surface area contributed by atoms with E-state index in [1.165, 1.54) is 6.07 Å². The van der Waals surface area contributed by atoms with E-state index in [9.17, 15) is 14.0 Å². The van der Waals surface area contributed by atoms with Crippen LogP contribution in [0.4, 0.5) is 10.1 Å². The van der Waals surface area contributed by atoms with Crippen molar-refractivity contribution in [2.75, 3.05) is 18.0 Å². The molecule has 0 saturated carbocycles. The first-order valence-corrected chi connectivity index (χ1v) is 13.9. The van der Waals surface area contributed by atoms with E-state index in [-0.39, 0.29) is 30.1 Å². The van der Waals surface area contributed by atoms with Crippen molar-refractivity contribution >= 4 is 28.8 Å². The van der Waals surface area contributed by atoms with E-state index in [1.54, 1.807) is 36.5 Å². The van der Waals surface area contributed by atoms with Gasteiger partial charge in [0.05, 0.1) is 13.0 Å². The number of hydrogen-bond donors (Lipinski definition) is 0. The maximum absolute atomic E-state index is 14.5. The number of anilines is 1. The van der Waals surface area contributed by atoms with E-state index in [4.69, 9.17) is 0 Å². The van der Waals surface area contributed by atoms with Crippen LogP contribution in [0.3, 0.4) is 0 Å². The van der Waals surface area contributed by atoms with E-state index < -0.39 is 0 Å². The topological polar surface area (TPSA) is 56.8 Å². The van der Waals surface area contributed by atoms with Gasteiger partial charge in [0, 0.05) is 55.9 Å². The normalized spacial score (nSPS) is 20.7. The minimum Gasteiger partial charge on any atom is -0.336 e. The molecule has 8 heteroatoms. The molecule has 2 amide bonds. The number of hydrogen-bond acceptors (Lipinski definition) is 5. The number of thiazole rings is 1. The summed E-state index contributed by atoms with van der Waals surface area (Å²) in [5, 5.41) is 3.05. The molecule has 0 spiro atoms. The Hall–Kier alpha value is -3.10. The summed E-state index contributed by atoms with van der Waals surface area (Å²) in [6.07, 6.45) is 5.82. The molecule has 2 aliphatic heterocycles. The van der Waals surface area contributed by atoms with Crippen LogP contribution in [0.15, 0.2) is 60.1 Å². The van der Waals surface area contributed by atoms with Gasteiger partial charge in [0.1, 0.15) is 10.8 Å². The number of benzene rings is 2. The number of nitrogens with zero attached hydrogens (tertiary/aromatic N) is 4. The molecular weight excluding hydrogens is 487 g/mol. The van der Waals surface area contributed by atoms with E-state index in [1.807, 2.05) is 45.6 Å². The van der Waals surface area contributed by atoms with Gasteiger partial charge in [0.25, 0.3) is 0 Å². The number of carbonyl (C=O) groups is 2. The summed E-state index contributed by atoms with van der Waals surface area (Å²) in [6, 6.07) is 14.8. The third-order valence-corrected chi connectivity index (χ3v) is 8.37. The first-order chi connectivity index (χ1) is 18.0. The van der Waals surface area contributed by atoms with Gasteiger partial charge in [-0.2, -0.15) is 0 Å². The first-order valence-electron chi connectivity index (χ1n) is 13.0. The van der Waals surface area contributed by atoms with Crippen molar-refractivity contribution in [1.82, 2.24) is 14.8 Å². The van der Waals surface area contributed by atoms with Crippen LogP contribution in [0.1, 0.15) is 48.7 Å². The Labute approximate surface area is 221 Å². The van der Waals surface area contributed by atoms with Crippen molar-refractivity contribution in [3.8, 4) is 0 Å². The molecule has 5 rings (SSSR count). The van der Waals surface area contributed by atoms with Gasteiger partial charge in [-0.15, -0.1) is 11.3 Å². The Balaban J connectivity index is 1.52. The zero-order valence-corrected chi connectivity index (χ0v) is 22.0. The van der Waals surface area contributed by atoms with E-state index in [0.29, 0.717) is 31.2 Å². The van der Waals surface area contributed by atoms with Gasteiger partial charge in [-0.05, 0) is 42.5 Å². The SMILES string of the molecule is CC(=O)N1CCC2CCCC(CN(C(=O)Cc3ccccc3F)Cc3ccccc31)N2Cc1nccs1. The molecule has 0 N–H and O–H groups in total. The predicted octanol–water partition coefficient (Wildman–Crippen LogP) is 5.03. The summed E-state index contributed by atoms with van der Waals surface area (Å²) in [7, 11) is 0. The Bertz CT molecular complexity index is 1230. The molecule has 1 saturated heterocycles. The molecule has 3 heterocycles. The molecule has 1 aromatic heterocycles. The van der Waals surface area contributed by atoms with Gasteiger partial charge in [-0.3, -0.25) is 14.5 Å². The lowest BCUT2D eigenvalue weighted by molar-refractivity contribution is -0.132. The van der Waals surface area contributed by atoms with E-state index >= 15 is 0 Å². The highest BCUT2D eigenvalue weighted by Crippen LogP contribution is 2.32. The summed E-state index contributed by atoms with van der Waals surface area (Å²) in [6.45, 7) is 3.90. The molecule has 6 nitrogen and oxygen atoms in total.